The quantitative estimate of drug-likeness (QED) is 0.163. The molecule has 9 heteroatoms. The lowest BCUT2D eigenvalue weighted by atomic mass is 9.80. The van der Waals surface area contributed by atoms with Crippen molar-refractivity contribution in [2.24, 2.45) is 0 Å². The summed E-state index contributed by atoms with van der Waals surface area (Å²) in [5.41, 5.74) is 1.54. The lowest BCUT2D eigenvalue weighted by Gasteiger charge is -2.55. The summed E-state index contributed by atoms with van der Waals surface area (Å²) in [7, 11) is 0. The molecule has 0 aromatic heterocycles. The first-order valence-corrected chi connectivity index (χ1v) is 16.2. The van der Waals surface area contributed by atoms with Gasteiger partial charge in [-0.1, -0.05) is 82.0 Å². The highest BCUT2D eigenvalue weighted by Crippen LogP contribution is 2.45. The first-order chi connectivity index (χ1) is 20.8. The number of benzene rings is 2. The van der Waals surface area contributed by atoms with Crippen LogP contribution < -0.4 is 0 Å². The van der Waals surface area contributed by atoms with E-state index in [1.54, 1.807) is 18.2 Å². The van der Waals surface area contributed by atoms with Crippen LogP contribution in [0.5, 0.6) is 0 Å². The van der Waals surface area contributed by atoms with Gasteiger partial charge in [-0.25, -0.2) is 0 Å². The van der Waals surface area contributed by atoms with Crippen LogP contribution in [-0.4, -0.2) is 84.0 Å². The largest absolute Gasteiger partial charge is 0.396 e. The Kier molecular flexibility index (Phi) is 14.8. The highest BCUT2D eigenvalue weighted by molar-refractivity contribution is 6.31. The summed E-state index contributed by atoms with van der Waals surface area (Å²) in [6, 6.07) is 13.1. The highest BCUT2D eigenvalue weighted by Gasteiger charge is 2.63. The Hall–Kier alpha value is -1.59. The highest BCUT2D eigenvalue weighted by atomic mass is 35.5. The molecule has 1 aliphatic rings. The van der Waals surface area contributed by atoms with Crippen molar-refractivity contribution >= 4 is 11.6 Å². The molecular weight excluding hydrogens is 572 g/mol. The van der Waals surface area contributed by atoms with E-state index in [1.165, 1.54) is 0 Å². The van der Waals surface area contributed by atoms with Gasteiger partial charge in [0.05, 0.1) is 13.2 Å². The molecule has 2 aromatic rings. The number of ether oxygens (including phenoxy) is 4. The number of aliphatic hydroxyl groups is 4. The van der Waals surface area contributed by atoms with Crippen molar-refractivity contribution < 1.29 is 39.4 Å². The number of unbranched alkanes of at least 4 members (excludes halogenated alkanes) is 3. The molecule has 1 saturated heterocycles. The molecule has 4 atom stereocenters. The van der Waals surface area contributed by atoms with Gasteiger partial charge in [0, 0.05) is 37.0 Å². The van der Waals surface area contributed by atoms with E-state index < -0.39 is 42.9 Å². The zero-order chi connectivity index (χ0) is 31.3. The van der Waals surface area contributed by atoms with Crippen molar-refractivity contribution in [2.45, 2.75) is 102 Å². The maximum absolute atomic E-state index is 12.5. The van der Waals surface area contributed by atoms with Crippen molar-refractivity contribution in [3.8, 4) is 0 Å². The first kappa shape index (κ1) is 35.9. The van der Waals surface area contributed by atoms with Crippen LogP contribution in [0.15, 0.2) is 42.5 Å². The number of rotatable bonds is 19. The summed E-state index contributed by atoms with van der Waals surface area (Å²) in [6.07, 6.45) is 3.36. The molecule has 0 saturated carbocycles. The van der Waals surface area contributed by atoms with Crippen LogP contribution in [0.1, 0.15) is 81.5 Å². The van der Waals surface area contributed by atoms with Gasteiger partial charge in [0.2, 0.25) is 5.79 Å². The first-order valence-electron chi connectivity index (χ1n) is 15.8. The SMILES string of the molecule is CCCCOC1[C@@H](OCCCC)[C@H](OCCCC)C(CO)(CO)OC1(O)c1ccc(Cl)c(Cc2ccc(CCO)cc2)c1. The predicted octanol–water partition coefficient (Wildman–Crippen LogP) is 4.92. The van der Waals surface area contributed by atoms with Crippen LogP contribution in [0, 0.1) is 0 Å². The second-order valence-corrected chi connectivity index (χ2v) is 11.8. The van der Waals surface area contributed by atoms with E-state index >= 15 is 0 Å². The molecule has 3 rings (SSSR count). The van der Waals surface area contributed by atoms with Crippen LogP contribution in [0.3, 0.4) is 0 Å². The third-order valence-electron chi connectivity index (χ3n) is 8.07. The minimum absolute atomic E-state index is 0.0874. The van der Waals surface area contributed by atoms with Crippen LogP contribution >= 0.6 is 11.6 Å². The number of hydrogen-bond acceptors (Lipinski definition) is 8. The van der Waals surface area contributed by atoms with Gasteiger partial charge in [0.15, 0.2) is 0 Å². The molecular formula is C34H51ClO8. The average Bonchev–Trinajstić information content (AvgIpc) is 3.01. The fraction of sp³-hybridized carbons (Fsp3) is 0.647. The summed E-state index contributed by atoms with van der Waals surface area (Å²) >= 11 is 6.66. The van der Waals surface area contributed by atoms with E-state index in [2.05, 4.69) is 20.8 Å². The molecule has 4 N–H and O–H groups in total. The molecule has 0 aliphatic carbocycles. The van der Waals surface area contributed by atoms with E-state index in [4.69, 9.17) is 30.5 Å². The van der Waals surface area contributed by atoms with Gasteiger partial charge in [0.25, 0.3) is 0 Å². The van der Waals surface area contributed by atoms with Crippen LogP contribution in [0.2, 0.25) is 5.02 Å². The standard InChI is InChI=1S/C34H51ClO8/c1-4-7-18-40-30-31(41-19-8-5-2)33(23-37,24-38)43-34(39,32(30)42-20-9-6-3)28-14-15-29(35)27(22-28)21-26-12-10-25(11-13-26)16-17-36/h10-15,22,30-32,36-39H,4-9,16-21,23-24H2,1-3H3/t30-,31-,32?,34?/m0/s1. The van der Waals surface area contributed by atoms with Gasteiger partial charge in [-0.3, -0.25) is 0 Å². The molecule has 2 aromatic carbocycles. The molecule has 1 fully saturated rings. The summed E-state index contributed by atoms with van der Waals surface area (Å²) in [4.78, 5) is 0. The van der Waals surface area contributed by atoms with E-state index in [-0.39, 0.29) is 6.61 Å². The lowest BCUT2D eigenvalue weighted by Crippen LogP contribution is -2.72. The molecule has 0 bridgehead atoms. The Labute approximate surface area is 261 Å². The number of halogens is 1. The van der Waals surface area contributed by atoms with Crippen LogP contribution in [0.4, 0.5) is 0 Å². The summed E-state index contributed by atoms with van der Waals surface area (Å²) < 4.78 is 25.5. The monoisotopic (exact) mass is 622 g/mol. The van der Waals surface area contributed by atoms with Gasteiger partial charge < -0.3 is 39.4 Å². The summed E-state index contributed by atoms with van der Waals surface area (Å²) in [6.45, 7) is 6.19. The number of aliphatic hydroxyl groups excluding tert-OH is 3. The smallest absolute Gasteiger partial charge is 0.223 e. The normalized spacial score (nSPS) is 23.5. The van der Waals surface area contributed by atoms with Crippen molar-refractivity contribution in [3.63, 3.8) is 0 Å². The van der Waals surface area contributed by atoms with Gasteiger partial charge in [-0.15, -0.1) is 0 Å². The maximum Gasteiger partial charge on any atom is 0.223 e. The maximum atomic E-state index is 12.5. The van der Waals surface area contributed by atoms with E-state index in [1.807, 2.05) is 24.3 Å². The van der Waals surface area contributed by atoms with Crippen molar-refractivity contribution in [2.75, 3.05) is 39.6 Å². The van der Waals surface area contributed by atoms with Crippen molar-refractivity contribution in [1.82, 2.24) is 0 Å². The van der Waals surface area contributed by atoms with Gasteiger partial charge >= 0.3 is 0 Å². The third-order valence-corrected chi connectivity index (χ3v) is 8.44. The molecule has 0 spiro atoms. The van der Waals surface area contributed by atoms with Crippen molar-refractivity contribution in [3.05, 3.63) is 69.7 Å². The fourth-order valence-corrected chi connectivity index (χ4v) is 5.62. The minimum Gasteiger partial charge on any atom is -0.396 e. The zero-order valence-electron chi connectivity index (χ0n) is 26.0. The molecule has 0 amide bonds. The Balaban J connectivity index is 2.08. The molecule has 2 unspecified atom stereocenters. The Morgan fingerprint density at radius 1 is 0.767 bits per heavy atom. The fourth-order valence-electron chi connectivity index (χ4n) is 5.43. The molecule has 1 heterocycles. The van der Waals surface area contributed by atoms with E-state index in [0.717, 1.165) is 55.2 Å². The van der Waals surface area contributed by atoms with Gasteiger partial charge in [-0.2, -0.15) is 0 Å². The second-order valence-electron chi connectivity index (χ2n) is 11.4. The predicted molar refractivity (Wildman–Crippen MR) is 167 cm³/mol. The molecule has 1 aliphatic heterocycles. The molecule has 242 valence electrons. The van der Waals surface area contributed by atoms with Crippen molar-refractivity contribution in [1.29, 1.82) is 0 Å². The molecule has 43 heavy (non-hydrogen) atoms. The van der Waals surface area contributed by atoms with Gasteiger partial charge in [-0.05, 0) is 60.9 Å². The van der Waals surface area contributed by atoms with E-state index in [0.29, 0.717) is 43.2 Å². The van der Waals surface area contributed by atoms with Gasteiger partial charge in [0.1, 0.15) is 23.9 Å². The molecule has 0 radical (unpaired) electrons. The Bertz CT molecular complexity index is 1080. The number of hydrogen-bond donors (Lipinski definition) is 4. The Morgan fingerprint density at radius 3 is 1.88 bits per heavy atom. The summed E-state index contributed by atoms with van der Waals surface area (Å²) in [5, 5.41) is 43.7. The lowest BCUT2D eigenvalue weighted by molar-refractivity contribution is -0.408. The van der Waals surface area contributed by atoms with Crippen LogP contribution in [0.25, 0.3) is 0 Å². The summed E-state index contributed by atoms with van der Waals surface area (Å²) in [5.74, 6) is -2.09. The third kappa shape index (κ3) is 9.00. The Morgan fingerprint density at radius 2 is 1.33 bits per heavy atom. The second kappa shape index (κ2) is 17.8. The molecule has 8 nitrogen and oxygen atoms in total. The van der Waals surface area contributed by atoms with E-state index in [9.17, 15) is 20.4 Å². The average molecular weight is 623 g/mol. The zero-order valence-corrected chi connectivity index (χ0v) is 26.7. The topological polar surface area (TPSA) is 118 Å². The minimum atomic E-state index is -2.09. The van der Waals surface area contributed by atoms with Crippen LogP contribution in [-0.2, 0) is 37.6 Å².